The van der Waals surface area contributed by atoms with Gasteiger partial charge in [-0.15, -0.1) is 0 Å². The number of carbonyl (C=O) groups is 1. The van der Waals surface area contributed by atoms with E-state index in [1.807, 2.05) is 25.1 Å². The molecule has 0 spiro atoms. The average Bonchev–Trinajstić information content (AvgIpc) is 2.27. The van der Waals surface area contributed by atoms with Crippen LogP contribution in [-0.2, 0) is 16.1 Å². The molecule has 1 atom stereocenters. The van der Waals surface area contributed by atoms with Gasteiger partial charge in [0.1, 0.15) is 0 Å². The largest absolute Gasteiger partial charge is 0.469 e. The van der Waals surface area contributed by atoms with Crippen molar-refractivity contribution in [3.05, 3.63) is 30.1 Å². The molecule has 1 unspecified atom stereocenters. The Morgan fingerprint density at radius 1 is 1.60 bits per heavy atom. The van der Waals surface area contributed by atoms with E-state index >= 15 is 0 Å². The maximum absolute atomic E-state index is 11.0. The number of hydrogen-bond donors (Lipinski definition) is 1. The molecule has 1 N–H and O–H groups in total. The first-order chi connectivity index (χ1) is 7.22. The van der Waals surface area contributed by atoms with Crippen LogP contribution in [0.5, 0.6) is 0 Å². The van der Waals surface area contributed by atoms with E-state index in [0.717, 1.165) is 5.69 Å². The summed E-state index contributed by atoms with van der Waals surface area (Å²) in [5, 5.41) is 3.20. The monoisotopic (exact) mass is 208 g/mol. The van der Waals surface area contributed by atoms with Crippen LogP contribution in [-0.4, -0.2) is 24.1 Å². The minimum absolute atomic E-state index is 0.0967. The predicted octanol–water partition coefficient (Wildman–Crippen LogP) is 1.12. The van der Waals surface area contributed by atoms with E-state index in [1.54, 1.807) is 6.20 Å². The third-order valence-electron chi connectivity index (χ3n) is 2.06. The lowest BCUT2D eigenvalue weighted by Crippen LogP contribution is -2.28. The van der Waals surface area contributed by atoms with Crippen molar-refractivity contribution in [1.29, 1.82) is 0 Å². The highest BCUT2D eigenvalue weighted by Gasteiger charge is 2.08. The number of carbonyl (C=O) groups excluding carboxylic acids is 1. The van der Waals surface area contributed by atoms with Gasteiger partial charge in [0.2, 0.25) is 0 Å². The summed E-state index contributed by atoms with van der Waals surface area (Å²) in [6.45, 7) is 2.61. The van der Waals surface area contributed by atoms with Gasteiger partial charge in [0, 0.05) is 18.8 Å². The third-order valence-corrected chi connectivity index (χ3v) is 2.06. The highest BCUT2D eigenvalue weighted by molar-refractivity contribution is 5.69. The molecule has 0 amide bonds. The van der Waals surface area contributed by atoms with Gasteiger partial charge in [-0.2, -0.15) is 0 Å². The number of pyridine rings is 1. The quantitative estimate of drug-likeness (QED) is 0.737. The second kappa shape index (κ2) is 6.14. The molecule has 0 aliphatic rings. The van der Waals surface area contributed by atoms with Gasteiger partial charge in [-0.05, 0) is 19.1 Å². The van der Waals surface area contributed by atoms with Crippen molar-refractivity contribution < 1.29 is 9.53 Å². The molecule has 82 valence electrons. The van der Waals surface area contributed by atoms with Gasteiger partial charge in [-0.25, -0.2) is 0 Å². The molecule has 0 bridgehead atoms. The Balaban J connectivity index is 2.28. The van der Waals surface area contributed by atoms with E-state index in [-0.39, 0.29) is 12.0 Å². The van der Waals surface area contributed by atoms with Crippen molar-refractivity contribution in [2.75, 3.05) is 7.11 Å². The molecule has 15 heavy (non-hydrogen) atoms. The second-order valence-electron chi connectivity index (χ2n) is 3.38. The summed E-state index contributed by atoms with van der Waals surface area (Å²) in [5.41, 5.74) is 0.967. The highest BCUT2D eigenvalue weighted by Crippen LogP contribution is 1.97. The molecule has 0 saturated heterocycles. The summed E-state index contributed by atoms with van der Waals surface area (Å²) in [6.07, 6.45) is 2.13. The van der Waals surface area contributed by atoms with Crippen molar-refractivity contribution in [2.45, 2.75) is 25.9 Å². The lowest BCUT2D eigenvalue weighted by molar-refractivity contribution is -0.141. The van der Waals surface area contributed by atoms with E-state index < -0.39 is 0 Å². The molecule has 0 aliphatic heterocycles. The topological polar surface area (TPSA) is 51.2 Å². The van der Waals surface area contributed by atoms with Crippen molar-refractivity contribution in [1.82, 2.24) is 10.3 Å². The number of methoxy groups -OCH3 is 1. The number of aromatic nitrogens is 1. The molecule has 0 radical (unpaired) electrons. The van der Waals surface area contributed by atoms with Gasteiger partial charge >= 0.3 is 5.97 Å². The van der Waals surface area contributed by atoms with Crippen molar-refractivity contribution >= 4 is 5.97 Å². The number of ether oxygens (including phenoxy) is 1. The Morgan fingerprint density at radius 3 is 3.00 bits per heavy atom. The van der Waals surface area contributed by atoms with Gasteiger partial charge in [0.25, 0.3) is 0 Å². The number of hydrogen-bond acceptors (Lipinski definition) is 4. The summed E-state index contributed by atoms with van der Waals surface area (Å²) in [5.74, 6) is -0.198. The van der Waals surface area contributed by atoms with Crippen LogP contribution >= 0.6 is 0 Å². The standard InChI is InChI=1S/C11H16N2O2/c1-9(7-11(14)15-2)13-8-10-5-3-4-6-12-10/h3-6,9,13H,7-8H2,1-2H3. The predicted molar refractivity (Wildman–Crippen MR) is 57.2 cm³/mol. The fraction of sp³-hybridized carbons (Fsp3) is 0.455. The molecule has 1 aromatic rings. The van der Waals surface area contributed by atoms with Crippen molar-refractivity contribution in [2.24, 2.45) is 0 Å². The SMILES string of the molecule is COC(=O)CC(C)NCc1ccccn1. The molecule has 1 aromatic heterocycles. The van der Waals surface area contributed by atoms with Crippen LogP contribution < -0.4 is 5.32 Å². The third kappa shape index (κ3) is 4.56. The zero-order chi connectivity index (χ0) is 11.1. The van der Waals surface area contributed by atoms with E-state index in [2.05, 4.69) is 15.0 Å². The van der Waals surface area contributed by atoms with Crippen LogP contribution in [0.1, 0.15) is 19.0 Å². The zero-order valence-electron chi connectivity index (χ0n) is 9.06. The summed E-state index contributed by atoms with van der Waals surface area (Å²) >= 11 is 0. The molecular weight excluding hydrogens is 192 g/mol. The number of rotatable bonds is 5. The Kier molecular flexibility index (Phi) is 4.77. The molecule has 1 rings (SSSR count). The zero-order valence-corrected chi connectivity index (χ0v) is 9.06. The average molecular weight is 208 g/mol. The highest BCUT2D eigenvalue weighted by atomic mass is 16.5. The van der Waals surface area contributed by atoms with E-state index in [4.69, 9.17) is 0 Å². The molecule has 1 heterocycles. The molecule has 0 aromatic carbocycles. The molecule has 0 saturated carbocycles. The van der Waals surface area contributed by atoms with Crippen LogP contribution in [0, 0.1) is 0 Å². The van der Waals surface area contributed by atoms with Crippen LogP contribution in [0.4, 0.5) is 0 Å². The molecular formula is C11H16N2O2. The Hall–Kier alpha value is -1.42. The normalized spacial score (nSPS) is 12.1. The number of nitrogens with zero attached hydrogens (tertiary/aromatic N) is 1. The first kappa shape index (κ1) is 11.7. The second-order valence-corrected chi connectivity index (χ2v) is 3.38. The maximum atomic E-state index is 11.0. The Bertz CT molecular complexity index is 301. The molecule has 0 aliphatic carbocycles. The molecule has 4 heteroatoms. The number of esters is 1. The molecule has 4 nitrogen and oxygen atoms in total. The first-order valence-corrected chi connectivity index (χ1v) is 4.92. The number of nitrogens with one attached hydrogen (secondary N) is 1. The van der Waals surface area contributed by atoms with E-state index in [1.165, 1.54) is 7.11 Å². The van der Waals surface area contributed by atoms with Gasteiger partial charge in [-0.1, -0.05) is 6.07 Å². The lowest BCUT2D eigenvalue weighted by Gasteiger charge is -2.11. The minimum Gasteiger partial charge on any atom is -0.469 e. The molecule has 0 fully saturated rings. The smallest absolute Gasteiger partial charge is 0.307 e. The van der Waals surface area contributed by atoms with Crippen molar-refractivity contribution in [3.8, 4) is 0 Å². The van der Waals surface area contributed by atoms with Gasteiger partial charge in [0.05, 0.1) is 19.2 Å². The first-order valence-electron chi connectivity index (χ1n) is 4.92. The van der Waals surface area contributed by atoms with Crippen LogP contribution in [0.2, 0.25) is 0 Å². The van der Waals surface area contributed by atoms with Gasteiger partial charge in [-0.3, -0.25) is 9.78 Å². The van der Waals surface area contributed by atoms with E-state index in [9.17, 15) is 4.79 Å². The Labute approximate surface area is 89.7 Å². The van der Waals surface area contributed by atoms with Crippen LogP contribution in [0.3, 0.4) is 0 Å². The van der Waals surface area contributed by atoms with Crippen molar-refractivity contribution in [3.63, 3.8) is 0 Å². The summed E-state index contributed by atoms with van der Waals surface area (Å²) in [6, 6.07) is 5.85. The van der Waals surface area contributed by atoms with Crippen LogP contribution in [0.15, 0.2) is 24.4 Å². The van der Waals surface area contributed by atoms with Gasteiger partial charge < -0.3 is 10.1 Å². The lowest BCUT2D eigenvalue weighted by atomic mass is 10.2. The summed E-state index contributed by atoms with van der Waals surface area (Å²) in [7, 11) is 1.40. The Morgan fingerprint density at radius 2 is 2.40 bits per heavy atom. The van der Waals surface area contributed by atoms with Gasteiger partial charge in [0.15, 0.2) is 0 Å². The maximum Gasteiger partial charge on any atom is 0.307 e. The fourth-order valence-corrected chi connectivity index (χ4v) is 1.19. The minimum atomic E-state index is -0.198. The van der Waals surface area contributed by atoms with E-state index in [0.29, 0.717) is 13.0 Å². The summed E-state index contributed by atoms with van der Waals surface area (Å²) in [4.78, 5) is 15.1. The fourth-order valence-electron chi connectivity index (χ4n) is 1.19. The summed E-state index contributed by atoms with van der Waals surface area (Å²) < 4.78 is 4.58. The van der Waals surface area contributed by atoms with Crippen LogP contribution in [0.25, 0.3) is 0 Å².